The molecule has 1 aliphatic rings. The summed E-state index contributed by atoms with van der Waals surface area (Å²) in [5.41, 5.74) is 0.0661. The number of rotatable bonds is 4. The van der Waals surface area contributed by atoms with Gasteiger partial charge in [0.05, 0.1) is 11.7 Å². The summed E-state index contributed by atoms with van der Waals surface area (Å²) in [5.74, 6) is 0. The molecule has 5 N–H and O–H groups in total. The first-order chi connectivity index (χ1) is 10.0. The minimum Gasteiger partial charge on any atom is -0.394 e. The maximum atomic E-state index is 9.90. The van der Waals surface area contributed by atoms with Crippen LogP contribution in [0.1, 0.15) is 5.56 Å². The molecule has 0 amide bonds. The van der Waals surface area contributed by atoms with Crippen LogP contribution in [0.25, 0.3) is 0 Å². The van der Waals surface area contributed by atoms with Crippen LogP contribution in [-0.2, 0) is 11.2 Å². The Hall–Kier alpha value is -0.960. The van der Waals surface area contributed by atoms with Gasteiger partial charge in [-0.05, 0) is 5.56 Å². The van der Waals surface area contributed by atoms with Crippen molar-refractivity contribution in [3.8, 4) is 0 Å². The summed E-state index contributed by atoms with van der Waals surface area (Å²) in [5, 5.41) is 46.6. The molecule has 0 aromatic heterocycles. The molecular formula is C14H19NO5S. The Morgan fingerprint density at radius 3 is 2.38 bits per heavy atom. The van der Waals surface area contributed by atoms with Gasteiger partial charge in [0, 0.05) is 6.42 Å². The minimum atomic E-state index is -1.40. The Bertz CT molecular complexity index is 470. The van der Waals surface area contributed by atoms with Crippen molar-refractivity contribution in [3.63, 3.8) is 0 Å². The third-order valence-electron chi connectivity index (χ3n) is 3.31. The summed E-state index contributed by atoms with van der Waals surface area (Å²) in [4.78, 5) is 0. The quantitative estimate of drug-likeness (QED) is 0.386. The van der Waals surface area contributed by atoms with Gasteiger partial charge in [-0.15, -0.1) is 0 Å². The smallest absolute Gasteiger partial charge is 0.137 e. The Balaban J connectivity index is 1.96. The maximum absolute atomic E-state index is 9.90. The highest BCUT2D eigenvalue weighted by Crippen LogP contribution is 2.29. The molecule has 116 valence electrons. The maximum Gasteiger partial charge on any atom is 0.137 e. The van der Waals surface area contributed by atoms with Crippen LogP contribution < -0.4 is 0 Å². The van der Waals surface area contributed by atoms with E-state index >= 15 is 0 Å². The van der Waals surface area contributed by atoms with Gasteiger partial charge in [0.2, 0.25) is 0 Å². The zero-order valence-corrected chi connectivity index (χ0v) is 12.1. The summed E-state index contributed by atoms with van der Waals surface area (Å²) < 4.78 is 5.35. The molecule has 0 saturated carbocycles. The molecule has 5 atom stereocenters. The van der Waals surface area contributed by atoms with E-state index in [0.29, 0.717) is 6.42 Å². The molecule has 1 fully saturated rings. The van der Waals surface area contributed by atoms with Gasteiger partial charge in [0.15, 0.2) is 0 Å². The van der Waals surface area contributed by atoms with Crippen LogP contribution in [0, 0.1) is 5.41 Å². The van der Waals surface area contributed by atoms with Gasteiger partial charge in [-0.25, -0.2) is 0 Å². The molecule has 0 bridgehead atoms. The number of nitrogens with one attached hydrogen (secondary N) is 1. The third kappa shape index (κ3) is 4.03. The molecular weight excluding hydrogens is 294 g/mol. The van der Waals surface area contributed by atoms with E-state index < -0.39 is 36.5 Å². The van der Waals surface area contributed by atoms with Gasteiger partial charge < -0.3 is 25.2 Å². The first-order valence-corrected chi connectivity index (χ1v) is 7.49. The average molecular weight is 313 g/mol. The van der Waals surface area contributed by atoms with Gasteiger partial charge >= 0.3 is 0 Å². The highest BCUT2D eigenvalue weighted by atomic mass is 32.2. The largest absolute Gasteiger partial charge is 0.394 e. The van der Waals surface area contributed by atoms with E-state index in [1.807, 2.05) is 30.3 Å². The Labute approximate surface area is 126 Å². The van der Waals surface area contributed by atoms with Gasteiger partial charge in [-0.2, -0.15) is 0 Å². The molecule has 0 unspecified atom stereocenters. The van der Waals surface area contributed by atoms with Crippen LogP contribution >= 0.6 is 11.8 Å². The standard InChI is InChI=1S/C14H19NO5S/c15-10(6-8-4-2-1-3-5-8)21-14-13(19)12(18)11(17)9(7-16)20-14/h1-5,9,11-19H,6-7H2/t9-,11-,12+,13-,14+/m1/s1. The van der Waals surface area contributed by atoms with E-state index in [-0.39, 0.29) is 5.04 Å². The van der Waals surface area contributed by atoms with Crippen molar-refractivity contribution in [2.24, 2.45) is 0 Å². The molecule has 1 aromatic carbocycles. The van der Waals surface area contributed by atoms with E-state index in [4.69, 9.17) is 15.3 Å². The van der Waals surface area contributed by atoms with Crippen molar-refractivity contribution in [2.75, 3.05) is 6.61 Å². The molecule has 1 aromatic rings. The van der Waals surface area contributed by atoms with E-state index in [1.165, 1.54) is 0 Å². The van der Waals surface area contributed by atoms with Crippen LogP contribution in [0.4, 0.5) is 0 Å². The molecule has 1 heterocycles. The predicted octanol–water partition coefficient (Wildman–Crippen LogP) is -0.261. The lowest BCUT2D eigenvalue weighted by molar-refractivity contribution is -0.205. The minimum absolute atomic E-state index is 0.269. The normalized spacial score (nSPS) is 32.9. The summed E-state index contributed by atoms with van der Waals surface area (Å²) in [6.45, 7) is -0.464. The van der Waals surface area contributed by atoms with Crippen molar-refractivity contribution in [2.45, 2.75) is 36.3 Å². The molecule has 7 heteroatoms. The highest BCUT2D eigenvalue weighted by molar-refractivity contribution is 8.14. The predicted molar refractivity (Wildman–Crippen MR) is 79.2 cm³/mol. The van der Waals surface area contributed by atoms with E-state index in [2.05, 4.69) is 0 Å². The number of hydrogen-bond acceptors (Lipinski definition) is 7. The molecule has 2 rings (SSSR count). The topological polar surface area (TPSA) is 114 Å². The van der Waals surface area contributed by atoms with Crippen molar-refractivity contribution in [1.82, 2.24) is 0 Å². The summed E-state index contributed by atoms with van der Waals surface area (Å²) in [6.07, 6.45) is -4.64. The summed E-state index contributed by atoms with van der Waals surface area (Å²) in [7, 11) is 0. The second-order valence-corrected chi connectivity index (χ2v) is 6.09. The number of benzene rings is 1. The number of aliphatic hydroxyl groups excluding tert-OH is 4. The van der Waals surface area contributed by atoms with Crippen LogP contribution in [-0.4, -0.2) is 61.9 Å². The number of thioether (sulfide) groups is 1. The number of hydrogen-bond donors (Lipinski definition) is 5. The summed E-state index contributed by atoms with van der Waals surface area (Å²) in [6, 6.07) is 9.42. The molecule has 0 aliphatic carbocycles. The zero-order chi connectivity index (χ0) is 15.4. The van der Waals surface area contributed by atoms with Crippen molar-refractivity contribution in [1.29, 1.82) is 5.41 Å². The third-order valence-corrected chi connectivity index (χ3v) is 4.37. The first-order valence-electron chi connectivity index (χ1n) is 6.61. The average Bonchev–Trinajstić information content (AvgIpc) is 2.49. The van der Waals surface area contributed by atoms with Crippen LogP contribution in [0.5, 0.6) is 0 Å². The van der Waals surface area contributed by atoms with Crippen molar-refractivity contribution >= 4 is 16.8 Å². The molecule has 1 saturated heterocycles. The van der Waals surface area contributed by atoms with E-state index in [1.54, 1.807) is 0 Å². The van der Waals surface area contributed by atoms with Crippen molar-refractivity contribution in [3.05, 3.63) is 35.9 Å². The van der Waals surface area contributed by atoms with Crippen LogP contribution in [0.2, 0.25) is 0 Å². The first kappa shape index (κ1) is 16.4. The molecule has 0 spiro atoms. The Morgan fingerprint density at radius 2 is 1.76 bits per heavy atom. The van der Waals surface area contributed by atoms with Gasteiger partial charge in [-0.3, -0.25) is 5.41 Å². The lowest BCUT2D eigenvalue weighted by Crippen LogP contribution is -2.57. The fraction of sp³-hybridized carbons (Fsp3) is 0.500. The van der Waals surface area contributed by atoms with Crippen molar-refractivity contribution < 1.29 is 25.2 Å². The van der Waals surface area contributed by atoms with E-state index in [0.717, 1.165) is 17.3 Å². The SMILES string of the molecule is N=C(Cc1ccccc1)S[C@@H]1O[C@H](CO)[C@@H](O)[C@H](O)[C@H]1O. The number of ether oxygens (including phenoxy) is 1. The lowest BCUT2D eigenvalue weighted by Gasteiger charge is -2.39. The van der Waals surface area contributed by atoms with Gasteiger partial charge in [0.25, 0.3) is 0 Å². The number of aliphatic hydroxyl groups is 4. The zero-order valence-electron chi connectivity index (χ0n) is 11.3. The lowest BCUT2D eigenvalue weighted by atomic mass is 10.0. The molecule has 21 heavy (non-hydrogen) atoms. The Kier molecular flexibility index (Phi) is 5.74. The van der Waals surface area contributed by atoms with Crippen LogP contribution in [0.15, 0.2) is 30.3 Å². The molecule has 0 radical (unpaired) electrons. The van der Waals surface area contributed by atoms with Crippen LogP contribution in [0.3, 0.4) is 0 Å². The second-order valence-electron chi connectivity index (χ2n) is 4.90. The highest BCUT2D eigenvalue weighted by Gasteiger charge is 2.43. The van der Waals surface area contributed by atoms with Gasteiger partial charge in [0.1, 0.15) is 29.9 Å². The summed E-state index contributed by atoms with van der Waals surface area (Å²) >= 11 is 0.977. The fourth-order valence-corrected chi connectivity index (χ4v) is 3.16. The van der Waals surface area contributed by atoms with Gasteiger partial charge in [-0.1, -0.05) is 42.1 Å². The Morgan fingerprint density at radius 1 is 1.10 bits per heavy atom. The second kappa shape index (κ2) is 7.35. The molecule has 1 aliphatic heterocycles. The molecule has 6 nitrogen and oxygen atoms in total. The monoisotopic (exact) mass is 313 g/mol. The fourth-order valence-electron chi connectivity index (χ4n) is 2.13. The van der Waals surface area contributed by atoms with E-state index in [9.17, 15) is 15.3 Å².